The van der Waals surface area contributed by atoms with E-state index in [1.54, 1.807) is 6.92 Å². The molecular weight excluding hydrogens is 202 g/mol. The van der Waals surface area contributed by atoms with Crippen molar-refractivity contribution in [1.82, 2.24) is 5.32 Å². The van der Waals surface area contributed by atoms with Gasteiger partial charge in [-0.3, -0.25) is 5.32 Å². The van der Waals surface area contributed by atoms with Gasteiger partial charge >= 0.3 is 5.97 Å². The number of carbonyl (C=O) groups is 1. The first-order valence-corrected chi connectivity index (χ1v) is 5.62. The average Bonchev–Trinajstić information content (AvgIpc) is 2.29. The predicted molar refractivity (Wildman–Crippen MR) is 64.5 cm³/mol. The van der Waals surface area contributed by atoms with Crippen LogP contribution in [0.5, 0.6) is 0 Å². The third-order valence-electron chi connectivity index (χ3n) is 2.90. The molecule has 16 heavy (non-hydrogen) atoms. The van der Waals surface area contributed by atoms with Crippen LogP contribution < -0.4 is 5.32 Å². The Morgan fingerprint density at radius 3 is 2.25 bits per heavy atom. The van der Waals surface area contributed by atoms with E-state index in [-0.39, 0.29) is 0 Å². The van der Waals surface area contributed by atoms with Crippen LogP contribution in [-0.4, -0.2) is 17.6 Å². The summed E-state index contributed by atoms with van der Waals surface area (Å²) in [5.74, 6) is -0.849. The van der Waals surface area contributed by atoms with Crippen LogP contribution in [0.3, 0.4) is 0 Å². The van der Waals surface area contributed by atoms with Crippen molar-refractivity contribution in [2.75, 3.05) is 6.54 Å². The van der Waals surface area contributed by atoms with Gasteiger partial charge in [0, 0.05) is 0 Å². The van der Waals surface area contributed by atoms with Gasteiger partial charge in [-0.1, -0.05) is 38.1 Å². The van der Waals surface area contributed by atoms with Gasteiger partial charge in [0.1, 0.15) is 5.54 Å². The lowest BCUT2D eigenvalue weighted by molar-refractivity contribution is -0.144. The summed E-state index contributed by atoms with van der Waals surface area (Å²) >= 11 is 0. The van der Waals surface area contributed by atoms with E-state index in [1.807, 2.05) is 31.2 Å². The number of hydrogen-bond acceptors (Lipinski definition) is 2. The van der Waals surface area contributed by atoms with Gasteiger partial charge in [0.25, 0.3) is 0 Å². The maximum absolute atomic E-state index is 11.3. The van der Waals surface area contributed by atoms with Crippen LogP contribution in [0.1, 0.15) is 31.9 Å². The van der Waals surface area contributed by atoms with Gasteiger partial charge in [-0.05, 0) is 31.0 Å². The topological polar surface area (TPSA) is 49.3 Å². The minimum absolute atomic E-state index is 0.623. The van der Waals surface area contributed by atoms with Crippen molar-refractivity contribution in [3.8, 4) is 0 Å². The zero-order valence-corrected chi connectivity index (χ0v) is 10.1. The first-order chi connectivity index (χ1) is 7.54. The molecule has 0 amide bonds. The summed E-state index contributed by atoms with van der Waals surface area (Å²) in [6.07, 6.45) is 0.964. The summed E-state index contributed by atoms with van der Waals surface area (Å²) in [6.45, 7) is 6.30. The molecular formula is C13H19NO2. The molecule has 0 aromatic heterocycles. The molecule has 1 rings (SSSR count). The number of aliphatic carboxylic acids is 1. The molecule has 0 bridgehead atoms. The highest BCUT2D eigenvalue weighted by Gasteiger charge is 2.33. The number of hydrogen-bond donors (Lipinski definition) is 2. The van der Waals surface area contributed by atoms with E-state index in [2.05, 4.69) is 12.2 Å². The summed E-state index contributed by atoms with van der Waals surface area (Å²) in [6, 6.07) is 7.73. The van der Waals surface area contributed by atoms with Crippen molar-refractivity contribution < 1.29 is 9.90 Å². The minimum atomic E-state index is -0.999. The molecule has 0 saturated carbocycles. The zero-order chi connectivity index (χ0) is 12.2. The number of likely N-dealkylation sites (N-methyl/N-ethyl adjacent to an activating group) is 1. The zero-order valence-electron chi connectivity index (χ0n) is 10.1. The number of rotatable bonds is 5. The van der Waals surface area contributed by atoms with Gasteiger partial charge in [0.15, 0.2) is 0 Å². The Morgan fingerprint density at radius 1 is 1.31 bits per heavy atom. The van der Waals surface area contributed by atoms with Crippen LogP contribution in [0.4, 0.5) is 0 Å². The van der Waals surface area contributed by atoms with Gasteiger partial charge in [-0.25, -0.2) is 4.79 Å². The molecule has 88 valence electrons. The van der Waals surface area contributed by atoms with Crippen molar-refractivity contribution >= 4 is 5.97 Å². The smallest absolute Gasteiger partial charge is 0.328 e. The molecule has 0 fully saturated rings. The Kier molecular flexibility index (Phi) is 4.07. The van der Waals surface area contributed by atoms with Gasteiger partial charge in [0.05, 0.1) is 0 Å². The highest BCUT2D eigenvalue weighted by Crippen LogP contribution is 2.21. The van der Waals surface area contributed by atoms with Gasteiger partial charge in [0.2, 0.25) is 0 Å². The largest absolute Gasteiger partial charge is 0.480 e. The van der Waals surface area contributed by atoms with E-state index in [9.17, 15) is 9.90 Å². The molecule has 0 aliphatic heterocycles. The van der Waals surface area contributed by atoms with E-state index in [1.165, 1.54) is 5.56 Å². The number of nitrogens with one attached hydrogen (secondary N) is 1. The second-order valence-corrected chi connectivity index (χ2v) is 4.01. The maximum Gasteiger partial charge on any atom is 0.328 e. The van der Waals surface area contributed by atoms with Crippen LogP contribution >= 0.6 is 0 Å². The SMILES string of the molecule is CCNC(C)(C(=O)O)c1ccc(CC)cc1. The van der Waals surface area contributed by atoms with E-state index < -0.39 is 11.5 Å². The molecule has 3 heteroatoms. The van der Waals surface area contributed by atoms with Crippen LogP contribution in [0.2, 0.25) is 0 Å². The molecule has 1 unspecified atom stereocenters. The first-order valence-electron chi connectivity index (χ1n) is 5.62. The molecule has 0 spiro atoms. The second kappa shape index (κ2) is 5.12. The predicted octanol–water partition coefficient (Wildman–Crippen LogP) is 2.16. The fraction of sp³-hybridized carbons (Fsp3) is 0.462. The molecule has 0 aliphatic rings. The average molecular weight is 221 g/mol. The fourth-order valence-corrected chi connectivity index (χ4v) is 1.73. The molecule has 0 saturated heterocycles. The Hall–Kier alpha value is -1.35. The second-order valence-electron chi connectivity index (χ2n) is 4.01. The van der Waals surface area contributed by atoms with E-state index in [4.69, 9.17) is 0 Å². The molecule has 0 heterocycles. The Balaban J connectivity index is 3.06. The van der Waals surface area contributed by atoms with Crippen molar-refractivity contribution in [2.45, 2.75) is 32.7 Å². The first kappa shape index (κ1) is 12.7. The van der Waals surface area contributed by atoms with Crippen LogP contribution in [-0.2, 0) is 16.8 Å². The Bertz CT molecular complexity index is 359. The summed E-state index contributed by atoms with van der Waals surface area (Å²) < 4.78 is 0. The van der Waals surface area contributed by atoms with Gasteiger partial charge < -0.3 is 5.11 Å². The number of carboxylic acids is 1. The molecule has 1 aromatic carbocycles. The third-order valence-corrected chi connectivity index (χ3v) is 2.90. The number of carboxylic acid groups (broad SMARTS) is 1. The molecule has 3 nitrogen and oxygen atoms in total. The van der Waals surface area contributed by atoms with Crippen LogP contribution in [0.15, 0.2) is 24.3 Å². The third kappa shape index (κ3) is 2.42. The molecule has 0 radical (unpaired) electrons. The lowest BCUT2D eigenvalue weighted by Gasteiger charge is -2.26. The van der Waals surface area contributed by atoms with Gasteiger partial charge in [-0.15, -0.1) is 0 Å². The number of benzene rings is 1. The summed E-state index contributed by atoms with van der Waals surface area (Å²) in [5, 5.41) is 12.3. The number of aryl methyl sites for hydroxylation is 1. The van der Waals surface area contributed by atoms with Crippen molar-refractivity contribution in [1.29, 1.82) is 0 Å². The minimum Gasteiger partial charge on any atom is -0.480 e. The van der Waals surface area contributed by atoms with E-state index in [0.717, 1.165) is 12.0 Å². The molecule has 2 N–H and O–H groups in total. The summed E-state index contributed by atoms with van der Waals surface area (Å²) in [7, 11) is 0. The van der Waals surface area contributed by atoms with Crippen LogP contribution in [0, 0.1) is 0 Å². The molecule has 1 aromatic rings. The molecule has 0 aliphatic carbocycles. The lowest BCUT2D eigenvalue weighted by atomic mass is 9.91. The highest BCUT2D eigenvalue weighted by molar-refractivity contribution is 5.80. The summed E-state index contributed by atoms with van der Waals surface area (Å²) in [4.78, 5) is 11.3. The lowest BCUT2D eigenvalue weighted by Crippen LogP contribution is -2.46. The van der Waals surface area contributed by atoms with Crippen LogP contribution in [0.25, 0.3) is 0 Å². The van der Waals surface area contributed by atoms with Crippen molar-refractivity contribution in [2.24, 2.45) is 0 Å². The monoisotopic (exact) mass is 221 g/mol. The molecule has 1 atom stereocenters. The maximum atomic E-state index is 11.3. The van der Waals surface area contributed by atoms with E-state index in [0.29, 0.717) is 6.54 Å². The van der Waals surface area contributed by atoms with E-state index >= 15 is 0 Å². The Morgan fingerprint density at radius 2 is 1.88 bits per heavy atom. The van der Waals surface area contributed by atoms with Crippen molar-refractivity contribution in [3.63, 3.8) is 0 Å². The standard InChI is InChI=1S/C13H19NO2/c1-4-10-6-8-11(9-7-10)13(3,12(15)16)14-5-2/h6-9,14H,4-5H2,1-3H3,(H,15,16). The highest BCUT2D eigenvalue weighted by atomic mass is 16.4. The quantitative estimate of drug-likeness (QED) is 0.801. The fourth-order valence-electron chi connectivity index (χ4n) is 1.73. The summed E-state index contributed by atoms with van der Waals surface area (Å²) in [5.41, 5.74) is 1.01. The van der Waals surface area contributed by atoms with Gasteiger partial charge in [-0.2, -0.15) is 0 Å². The van der Waals surface area contributed by atoms with Crippen molar-refractivity contribution in [3.05, 3.63) is 35.4 Å². The Labute approximate surface area is 96.5 Å². The normalized spacial score (nSPS) is 14.4.